The first kappa shape index (κ1) is 22.6. The van der Waals surface area contributed by atoms with Crippen LogP contribution in [-0.4, -0.2) is 37.0 Å². The Hall–Kier alpha value is -4.54. The Morgan fingerprint density at radius 2 is 1.79 bits per heavy atom. The van der Waals surface area contributed by atoms with E-state index in [4.69, 9.17) is 9.26 Å². The Morgan fingerprint density at radius 1 is 1.06 bits per heavy atom. The monoisotopic (exact) mass is 462 g/mol. The predicted molar refractivity (Wildman–Crippen MR) is 122 cm³/mol. The number of carbonyl (C=O) groups excluding carboxylic acids is 1. The molecule has 4 rings (SSSR count). The molecule has 1 amide bonds. The van der Waals surface area contributed by atoms with Gasteiger partial charge in [0.1, 0.15) is 5.75 Å². The Balaban J connectivity index is 1.62. The fraction of sp³-hybridized carbons (Fsp3) is 0.217. The zero-order valence-electron chi connectivity index (χ0n) is 18.6. The second kappa shape index (κ2) is 9.94. The number of aromatic nitrogens is 5. The molecule has 2 aromatic carbocycles. The van der Waals surface area contributed by atoms with Gasteiger partial charge in [-0.15, -0.1) is 0 Å². The first-order valence-electron chi connectivity index (χ1n) is 10.7. The standard InChI is InChI=1S/C23H22N6O5/c1-3-28-22(31)18(26-29(23(28)32)16-11-6-5-7-12-16)19-25-21(34-27-19)20(30)24-14-15-10-8-9-13-17(15)33-4-2/h5-13H,3-4,14H2,1-2H3,(H,24,30). The summed E-state index contributed by atoms with van der Waals surface area (Å²) in [6, 6.07) is 15.9. The second-order valence-electron chi connectivity index (χ2n) is 7.07. The molecular formula is C23H22N6O5. The smallest absolute Gasteiger partial charge is 0.352 e. The van der Waals surface area contributed by atoms with Crippen molar-refractivity contribution in [1.82, 2.24) is 29.8 Å². The van der Waals surface area contributed by atoms with E-state index >= 15 is 0 Å². The van der Waals surface area contributed by atoms with E-state index in [1.165, 1.54) is 0 Å². The van der Waals surface area contributed by atoms with E-state index in [1.807, 2.05) is 31.2 Å². The average molecular weight is 462 g/mol. The summed E-state index contributed by atoms with van der Waals surface area (Å²) >= 11 is 0. The van der Waals surface area contributed by atoms with Gasteiger partial charge >= 0.3 is 17.5 Å². The van der Waals surface area contributed by atoms with Crippen molar-refractivity contribution in [2.45, 2.75) is 26.9 Å². The number of nitrogens with zero attached hydrogens (tertiary/aromatic N) is 5. The lowest BCUT2D eigenvalue weighted by Crippen LogP contribution is -2.41. The minimum atomic E-state index is -0.682. The maximum Gasteiger partial charge on any atom is 0.352 e. The molecule has 11 nitrogen and oxygen atoms in total. The minimum Gasteiger partial charge on any atom is -0.494 e. The quantitative estimate of drug-likeness (QED) is 0.419. The number of rotatable bonds is 8. The van der Waals surface area contributed by atoms with Crippen LogP contribution in [0.2, 0.25) is 0 Å². The predicted octanol–water partition coefficient (Wildman–Crippen LogP) is 1.79. The van der Waals surface area contributed by atoms with Gasteiger partial charge in [0, 0.05) is 18.7 Å². The summed E-state index contributed by atoms with van der Waals surface area (Å²) in [5.74, 6) is -0.511. The third-order valence-electron chi connectivity index (χ3n) is 4.92. The molecular weight excluding hydrogens is 440 g/mol. The maximum absolute atomic E-state index is 12.8. The molecule has 2 aromatic heterocycles. The molecule has 0 saturated heterocycles. The largest absolute Gasteiger partial charge is 0.494 e. The molecule has 1 N–H and O–H groups in total. The van der Waals surface area contributed by atoms with Gasteiger partial charge in [-0.25, -0.2) is 4.79 Å². The number of carbonyl (C=O) groups is 1. The van der Waals surface area contributed by atoms with Crippen molar-refractivity contribution < 1.29 is 14.1 Å². The number of ether oxygens (including phenoxy) is 1. The lowest BCUT2D eigenvalue weighted by atomic mass is 10.2. The number of para-hydroxylation sites is 2. The van der Waals surface area contributed by atoms with E-state index in [1.54, 1.807) is 37.3 Å². The van der Waals surface area contributed by atoms with E-state index in [0.717, 1.165) is 14.8 Å². The van der Waals surface area contributed by atoms with Crippen molar-refractivity contribution in [3.63, 3.8) is 0 Å². The molecule has 0 aliphatic rings. The van der Waals surface area contributed by atoms with E-state index < -0.39 is 17.2 Å². The molecule has 0 atom stereocenters. The summed E-state index contributed by atoms with van der Waals surface area (Å²) in [4.78, 5) is 42.2. The van der Waals surface area contributed by atoms with Crippen LogP contribution in [0.3, 0.4) is 0 Å². The van der Waals surface area contributed by atoms with Crippen LogP contribution in [0.25, 0.3) is 17.2 Å². The number of hydrogen-bond donors (Lipinski definition) is 1. The summed E-state index contributed by atoms with van der Waals surface area (Å²) in [6.45, 7) is 4.32. The fourth-order valence-corrected chi connectivity index (χ4v) is 3.28. The summed E-state index contributed by atoms with van der Waals surface area (Å²) < 4.78 is 12.7. The van der Waals surface area contributed by atoms with E-state index in [0.29, 0.717) is 18.0 Å². The number of hydrogen-bond acceptors (Lipinski definition) is 8. The normalized spacial score (nSPS) is 10.8. The zero-order valence-corrected chi connectivity index (χ0v) is 18.6. The van der Waals surface area contributed by atoms with Gasteiger partial charge in [-0.2, -0.15) is 14.8 Å². The number of nitrogens with one attached hydrogen (secondary N) is 1. The molecule has 174 valence electrons. The van der Waals surface area contributed by atoms with E-state index in [9.17, 15) is 14.4 Å². The third kappa shape index (κ3) is 4.49. The van der Waals surface area contributed by atoms with Crippen LogP contribution < -0.4 is 21.3 Å². The molecule has 0 radical (unpaired) electrons. The topological polar surface area (TPSA) is 134 Å². The van der Waals surface area contributed by atoms with Crippen LogP contribution in [0.4, 0.5) is 0 Å². The van der Waals surface area contributed by atoms with Crippen molar-refractivity contribution in [2.75, 3.05) is 6.61 Å². The fourth-order valence-electron chi connectivity index (χ4n) is 3.28. The molecule has 11 heteroatoms. The molecule has 0 bridgehead atoms. The summed E-state index contributed by atoms with van der Waals surface area (Å²) in [5, 5.41) is 10.6. The van der Waals surface area contributed by atoms with Gasteiger partial charge in [-0.05, 0) is 32.0 Å². The third-order valence-corrected chi connectivity index (χ3v) is 4.92. The van der Waals surface area contributed by atoms with Crippen LogP contribution in [0, 0.1) is 0 Å². The first-order chi connectivity index (χ1) is 16.5. The summed E-state index contributed by atoms with van der Waals surface area (Å²) in [7, 11) is 0. The van der Waals surface area contributed by atoms with Crippen molar-refractivity contribution in [1.29, 1.82) is 0 Å². The molecule has 0 aliphatic heterocycles. The SMILES string of the molecule is CCOc1ccccc1CNC(=O)c1nc(-c2nn(-c3ccccc3)c(=O)n(CC)c2=O)no1. The van der Waals surface area contributed by atoms with Gasteiger partial charge in [0.05, 0.1) is 12.3 Å². The van der Waals surface area contributed by atoms with Crippen molar-refractivity contribution >= 4 is 5.91 Å². The van der Waals surface area contributed by atoms with Gasteiger partial charge in [0.25, 0.3) is 5.56 Å². The van der Waals surface area contributed by atoms with Crippen molar-refractivity contribution in [3.8, 4) is 23.0 Å². The van der Waals surface area contributed by atoms with Gasteiger partial charge in [0.15, 0.2) is 5.69 Å². The molecule has 0 fully saturated rings. The minimum absolute atomic E-state index is 0.116. The van der Waals surface area contributed by atoms with Gasteiger partial charge < -0.3 is 14.6 Å². The van der Waals surface area contributed by atoms with Crippen LogP contribution in [-0.2, 0) is 13.1 Å². The van der Waals surface area contributed by atoms with Crippen LogP contribution >= 0.6 is 0 Å². The van der Waals surface area contributed by atoms with Gasteiger partial charge in [0.2, 0.25) is 5.82 Å². The van der Waals surface area contributed by atoms with Crippen molar-refractivity contribution in [3.05, 3.63) is 86.9 Å². The van der Waals surface area contributed by atoms with Gasteiger partial charge in [-0.3, -0.25) is 14.2 Å². The Labute approximate surface area is 193 Å². The second-order valence-corrected chi connectivity index (χ2v) is 7.07. The lowest BCUT2D eigenvalue weighted by Gasteiger charge is -2.09. The molecule has 0 aliphatic carbocycles. The van der Waals surface area contributed by atoms with Gasteiger partial charge in [-0.1, -0.05) is 41.6 Å². The van der Waals surface area contributed by atoms with Crippen LogP contribution in [0.1, 0.15) is 30.1 Å². The Bertz CT molecular complexity index is 1420. The molecule has 0 unspecified atom stereocenters. The Kier molecular flexibility index (Phi) is 6.62. The van der Waals surface area contributed by atoms with Crippen LogP contribution in [0.5, 0.6) is 5.75 Å². The Morgan fingerprint density at radius 3 is 2.53 bits per heavy atom. The highest BCUT2D eigenvalue weighted by atomic mass is 16.5. The van der Waals surface area contributed by atoms with E-state index in [2.05, 4.69) is 20.6 Å². The van der Waals surface area contributed by atoms with Crippen molar-refractivity contribution in [2.24, 2.45) is 0 Å². The average Bonchev–Trinajstić information content (AvgIpc) is 3.35. The maximum atomic E-state index is 12.8. The molecule has 34 heavy (non-hydrogen) atoms. The lowest BCUT2D eigenvalue weighted by molar-refractivity contribution is 0.0906. The summed E-state index contributed by atoms with van der Waals surface area (Å²) in [6.07, 6.45) is 0. The van der Waals surface area contributed by atoms with E-state index in [-0.39, 0.29) is 30.5 Å². The molecule has 0 spiro atoms. The van der Waals surface area contributed by atoms with Crippen LogP contribution in [0.15, 0.2) is 68.7 Å². The first-order valence-corrected chi connectivity index (χ1v) is 10.7. The molecule has 4 aromatic rings. The highest BCUT2D eigenvalue weighted by molar-refractivity contribution is 5.89. The highest BCUT2D eigenvalue weighted by Crippen LogP contribution is 2.18. The molecule has 2 heterocycles. The zero-order chi connectivity index (χ0) is 24.1. The highest BCUT2D eigenvalue weighted by Gasteiger charge is 2.22. The number of amides is 1. The summed E-state index contributed by atoms with van der Waals surface area (Å²) in [5.41, 5.74) is -0.255. The molecule has 0 saturated carbocycles. The number of benzene rings is 2.